The van der Waals surface area contributed by atoms with E-state index in [4.69, 9.17) is 9.84 Å². The summed E-state index contributed by atoms with van der Waals surface area (Å²) in [5, 5.41) is 11.5. The minimum Gasteiger partial charge on any atom is -0.394 e. The third kappa shape index (κ3) is 4.37. The van der Waals surface area contributed by atoms with Crippen molar-refractivity contribution < 1.29 is 18.3 Å². The molecule has 2 atom stereocenters. The van der Waals surface area contributed by atoms with Gasteiger partial charge in [0, 0.05) is 18.8 Å². The number of sulfone groups is 1. The molecule has 16 heavy (non-hydrogen) atoms. The summed E-state index contributed by atoms with van der Waals surface area (Å²) in [6.07, 6.45) is 3.94. The molecule has 2 N–H and O–H groups in total. The second kappa shape index (κ2) is 6.54. The van der Waals surface area contributed by atoms with Crippen molar-refractivity contribution in [1.29, 1.82) is 0 Å². The molecule has 0 heterocycles. The van der Waals surface area contributed by atoms with Crippen molar-refractivity contribution in [3.63, 3.8) is 0 Å². The van der Waals surface area contributed by atoms with Gasteiger partial charge in [-0.05, 0) is 12.8 Å². The molecule has 1 fully saturated rings. The third-order valence-electron chi connectivity index (χ3n) is 2.89. The highest BCUT2D eigenvalue weighted by molar-refractivity contribution is 7.91. The molecule has 1 aliphatic rings. The maximum Gasteiger partial charge on any atom is 0.151 e. The van der Waals surface area contributed by atoms with Gasteiger partial charge in [0.2, 0.25) is 0 Å². The van der Waals surface area contributed by atoms with E-state index < -0.39 is 9.84 Å². The highest BCUT2D eigenvalue weighted by Crippen LogP contribution is 2.24. The Morgan fingerprint density at radius 1 is 1.38 bits per heavy atom. The fourth-order valence-corrected chi connectivity index (χ4v) is 3.58. The molecule has 0 spiro atoms. The van der Waals surface area contributed by atoms with Crippen molar-refractivity contribution >= 4 is 9.84 Å². The second-order valence-electron chi connectivity index (χ2n) is 4.20. The SMILES string of the molecule is CS(=O)(=O)C1CCCC1NCCOCCO. The summed E-state index contributed by atoms with van der Waals surface area (Å²) in [6, 6.07) is 0.0627. The van der Waals surface area contributed by atoms with Crippen LogP contribution in [-0.2, 0) is 14.6 Å². The van der Waals surface area contributed by atoms with Crippen LogP contribution in [0.3, 0.4) is 0 Å². The van der Waals surface area contributed by atoms with E-state index in [0.29, 0.717) is 19.8 Å². The molecule has 0 amide bonds. The standard InChI is InChI=1S/C10H21NO4S/c1-16(13,14)10-4-2-3-9(10)11-5-7-15-8-6-12/h9-12H,2-8H2,1H3. The number of nitrogens with one attached hydrogen (secondary N) is 1. The van der Waals surface area contributed by atoms with E-state index in [1.807, 2.05) is 0 Å². The van der Waals surface area contributed by atoms with Crippen molar-refractivity contribution in [3.05, 3.63) is 0 Å². The highest BCUT2D eigenvalue weighted by Gasteiger charge is 2.34. The van der Waals surface area contributed by atoms with Crippen molar-refractivity contribution in [1.82, 2.24) is 5.32 Å². The largest absolute Gasteiger partial charge is 0.394 e. The Balaban J connectivity index is 2.26. The van der Waals surface area contributed by atoms with Gasteiger partial charge in [0.05, 0.1) is 25.1 Å². The van der Waals surface area contributed by atoms with Crippen LogP contribution in [0.5, 0.6) is 0 Å². The Labute approximate surface area is 97.1 Å². The Morgan fingerprint density at radius 3 is 2.75 bits per heavy atom. The van der Waals surface area contributed by atoms with Gasteiger partial charge in [0.1, 0.15) is 0 Å². The normalized spacial score (nSPS) is 26.1. The predicted molar refractivity (Wildman–Crippen MR) is 62.2 cm³/mol. The summed E-state index contributed by atoms with van der Waals surface area (Å²) in [4.78, 5) is 0. The van der Waals surface area contributed by atoms with Crippen LogP contribution in [0.2, 0.25) is 0 Å². The molecule has 1 aliphatic carbocycles. The smallest absolute Gasteiger partial charge is 0.151 e. The zero-order chi connectivity index (χ0) is 12.0. The summed E-state index contributed by atoms with van der Waals surface area (Å²) in [5.74, 6) is 0. The van der Waals surface area contributed by atoms with Crippen molar-refractivity contribution in [3.8, 4) is 0 Å². The number of aliphatic hydroxyl groups excluding tert-OH is 1. The first-order valence-electron chi connectivity index (χ1n) is 5.66. The summed E-state index contributed by atoms with van der Waals surface area (Å²) in [6.45, 7) is 1.50. The van der Waals surface area contributed by atoms with Gasteiger partial charge in [-0.25, -0.2) is 8.42 Å². The molecule has 0 bridgehead atoms. The molecular formula is C10H21NO4S. The van der Waals surface area contributed by atoms with E-state index >= 15 is 0 Å². The lowest BCUT2D eigenvalue weighted by molar-refractivity contribution is 0.0927. The van der Waals surface area contributed by atoms with Crippen LogP contribution in [0.1, 0.15) is 19.3 Å². The summed E-state index contributed by atoms with van der Waals surface area (Å²) < 4.78 is 28.1. The predicted octanol–water partition coefficient (Wildman–Crippen LogP) is -0.449. The van der Waals surface area contributed by atoms with Crippen LogP contribution < -0.4 is 5.32 Å². The van der Waals surface area contributed by atoms with Crippen LogP contribution in [0, 0.1) is 0 Å². The van der Waals surface area contributed by atoms with E-state index in [0.717, 1.165) is 19.3 Å². The Morgan fingerprint density at radius 2 is 2.12 bits per heavy atom. The van der Waals surface area contributed by atoms with E-state index in [2.05, 4.69) is 5.32 Å². The van der Waals surface area contributed by atoms with Gasteiger partial charge in [-0.2, -0.15) is 0 Å². The minimum absolute atomic E-state index is 0.0232. The Bertz CT molecular complexity index is 291. The van der Waals surface area contributed by atoms with Crippen LogP contribution in [0.15, 0.2) is 0 Å². The maximum absolute atomic E-state index is 11.5. The fraction of sp³-hybridized carbons (Fsp3) is 1.00. The number of hydrogen-bond acceptors (Lipinski definition) is 5. The molecule has 0 aliphatic heterocycles. The number of hydrogen-bond donors (Lipinski definition) is 2. The second-order valence-corrected chi connectivity index (χ2v) is 6.46. The third-order valence-corrected chi connectivity index (χ3v) is 4.56. The Hall–Kier alpha value is -0.170. The van der Waals surface area contributed by atoms with Crippen molar-refractivity contribution in [2.75, 3.05) is 32.6 Å². The fourth-order valence-electron chi connectivity index (χ4n) is 2.16. The highest BCUT2D eigenvalue weighted by atomic mass is 32.2. The summed E-state index contributed by atoms with van der Waals surface area (Å²) in [5.41, 5.74) is 0. The zero-order valence-electron chi connectivity index (χ0n) is 9.68. The van der Waals surface area contributed by atoms with Crippen LogP contribution in [0.25, 0.3) is 0 Å². The molecule has 0 saturated heterocycles. The van der Waals surface area contributed by atoms with E-state index in [-0.39, 0.29) is 17.9 Å². The van der Waals surface area contributed by atoms with Crippen molar-refractivity contribution in [2.45, 2.75) is 30.6 Å². The monoisotopic (exact) mass is 251 g/mol. The molecule has 1 rings (SSSR count). The van der Waals surface area contributed by atoms with Crippen LogP contribution in [-0.4, -0.2) is 57.4 Å². The van der Waals surface area contributed by atoms with Gasteiger partial charge in [0.15, 0.2) is 9.84 Å². The van der Waals surface area contributed by atoms with Crippen LogP contribution >= 0.6 is 0 Å². The zero-order valence-corrected chi connectivity index (χ0v) is 10.5. The van der Waals surface area contributed by atoms with E-state index in [1.165, 1.54) is 6.26 Å². The number of aliphatic hydroxyl groups is 1. The van der Waals surface area contributed by atoms with Gasteiger partial charge in [-0.1, -0.05) is 6.42 Å². The first-order valence-corrected chi connectivity index (χ1v) is 7.62. The van der Waals surface area contributed by atoms with Gasteiger partial charge in [0.25, 0.3) is 0 Å². The van der Waals surface area contributed by atoms with E-state index in [9.17, 15) is 8.42 Å². The lowest BCUT2D eigenvalue weighted by Gasteiger charge is -2.19. The maximum atomic E-state index is 11.5. The van der Waals surface area contributed by atoms with Crippen LogP contribution in [0.4, 0.5) is 0 Å². The summed E-state index contributed by atoms with van der Waals surface area (Å²) in [7, 11) is -2.94. The molecule has 0 aromatic carbocycles. The lowest BCUT2D eigenvalue weighted by atomic mass is 10.2. The average Bonchev–Trinajstić information content (AvgIpc) is 2.65. The topological polar surface area (TPSA) is 75.6 Å². The molecule has 1 saturated carbocycles. The molecule has 0 radical (unpaired) electrons. The molecule has 2 unspecified atom stereocenters. The average molecular weight is 251 g/mol. The minimum atomic E-state index is -2.94. The van der Waals surface area contributed by atoms with Gasteiger partial charge in [-0.15, -0.1) is 0 Å². The quantitative estimate of drug-likeness (QED) is 0.599. The van der Waals surface area contributed by atoms with E-state index in [1.54, 1.807) is 0 Å². The first-order chi connectivity index (χ1) is 7.55. The van der Waals surface area contributed by atoms with Crippen molar-refractivity contribution in [2.24, 2.45) is 0 Å². The van der Waals surface area contributed by atoms with Gasteiger partial charge < -0.3 is 15.2 Å². The molecular weight excluding hydrogens is 230 g/mol. The lowest BCUT2D eigenvalue weighted by Crippen LogP contribution is -2.41. The molecule has 96 valence electrons. The molecule has 0 aromatic heterocycles. The van der Waals surface area contributed by atoms with Gasteiger partial charge >= 0.3 is 0 Å². The van der Waals surface area contributed by atoms with Gasteiger partial charge in [-0.3, -0.25) is 0 Å². The number of rotatable bonds is 7. The Kier molecular flexibility index (Phi) is 5.68. The molecule has 6 heteroatoms. The number of ether oxygens (including phenoxy) is 1. The molecule has 0 aromatic rings. The molecule has 5 nitrogen and oxygen atoms in total. The summed E-state index contributed by atoms with van der Waals surface area (Å²) >= 11 is 0. The first kappa shape index (κ1) is 13.9.